The molecule has 2 heterocycles. The lowest BCUT2D eigenvalue weighted by Gasteiger charge is -2.37. The molecule has 2 fully saturated rings. The predicted molar refractivity (Wildman–Crippen MR) is 106 cm³/mol. The zero-order valence-electron chi connectivity index (χ0n) is 17.1. The molecule has 3 rings (SSSR count). The van der Waals surface area contributed by atoms with Crippen molar-refractivity contribution in [1.82, 2.24) is 15.1 Å². The van der Waals surface area contributed by atoms with Crippen molar-refractivity contribution in [2.75, 3.05) is 40.4 Å². The molecule has 2 aliphatic rings. The first-order chi connectivity index (χ1) is 14.0. The number of likely N-dealkylation sites (tertiary alicyclic amines) is 1. The van der Waals surface area contributed by atoms with Crippen molar-refractivity contribution in [2.24, 2.45) is 5.92 Å². The van der Waals surface area contributed by atoms with Crippen LogP contribution in [-0.4, -0.2) is 74.0 Å². The van der Waals surface area contributed by atoms with Crippen LogP contribution in [0.25, 0.3) is 0 Å². The first-order valence-electron chi connectivity index (χ1n) is 10.0. The Bertz CT molecular complexity index is 746. The molecule has 2 aliphatic heterocycles. The van der Waals surface area contributed by atoms with Crippen LogP contribution in [0.2, 0.25) is 0 Å². The molecular weight excluding hydrogens is 374 g/mol. The normalized spacial score (nSPS) is 20.8. The van der Waals surface area contributed by atoms with Gasteiger partial charge in [-0.15, -0.1) is 0 Å². The first-order valence-corrected chi connectivity index (χ1v) is 10.0. The number of carbonyl (C=O) groups is 3. The fourth-order valence-electron chi connectivity index (χ4n) is 4.05. The molecule has 8 heteroatoms. The fourth-order valence-corrected chi connectivity index (χ4v) is 4.05. The number of carbonyl (C=O) groups excluding carboxylic acids is 3. The summed E-state index contributed by atoms with van der Waals surface area (Å²) in [6.45, 7) is 2.80. The number of hydrogen-bond acceptors (Lipinski definition) is 6. The van der Waals surface area contributed by atoms with Gasteiger partial charge in [-0.2, -0.15) is 0 Å². The molecule has 1 N–H and O–H groups in total. The van der Waals surface area contributed by atoms with Crippen LogP contribution >= 0.6 is 0 Å². The molecular formula is C21H29N3O5. The van der Waals surface area contributed by atoms with Crippen molar-refractivity contribution in [3.05, 3.63) is 29.8 Å². The number of amides is 2. The number of esters is 1. The number of rotatable bonds is 6. The zero-order chi connectivity index (χ0) is 20.8. The number of piperidine rings is 1. The molecule has 2 amide bonds. The highest BCUT2D eigenvalue weighted by Gasteiger charge is 2.35. The fraction of sp³-hybridized carbons (Fsp3) is 0.571. The molecule has 1 aromatic rings. The SMILES string of the molecule is COC(=O)C1CCN(C(=O)CC2C(=O)NCCN2Cc2ccccc2OC)CC1. The van der Waals surface area contributed by atoms with Gasteiger partial charge >= 0.3 is 5.97 Å². The van der Waals surface area contributed by atoms with E-state index in [1.165, 1.54) is 7.11 Å². The summed E-state index contributed by atoms with van der Waals surface area (Å²) in [6.07, 6.45) is 1.32. The lowest BCUT2D eigenvalue weighted by molar-refractivity contribution is -0.149. The Morgan fingerprint density at radius 2 is 1.86 bits per heavy atom. The number of para-hydroxylation sites is 1. The number of methoxy groups -OCH3 is 2. The summed E-state index contributed by atoms with van der Waals surface area (Å²) < 4.78 is 10.2. The van der Waals surface area contributed by atoms with Gasteiger partial charge in [0, 0.05) is 38.3 Å². The Labute approximate surface area is 171 Å². The number of nitrogens with one attached hydrogen (secondary N) is 1. The van der Waals surface area contributed by atoms with Gasteiger partial charge in [-0.25, -0.2) is 0 Å². The number of piperazine rings is 1. The minimum Gasteiger partial charge on any atom is -0.496 e. The summed E-state index contributed by atoms with van der Waals surface area (Å²) in [5.41, 5.74) is 0.987. The second-order valence-corrected chi connectivity index (χ2v) is 7.47. The number of nitrogens with zero attached hydrogens (tertiary/aromatic N) is 2. The largest absolute Gasteiger partial charge is 0.496 e. The van der Waals surface area contributed by atoms with Crippen LogP contribution in [0.15, 0.2) is 24.3 Å². The maximum Gasteiger partial charge on any atom is 0.308 e. The van der Waals surface area contributed by atoms with Crippen molar-refractivity contribution in [2.45, 2.75) is 31.8 Å². The van der Waals surface area contributed by atoms with Gasteiger partial charge in [-0.1, -0.05) is 18.2 Å². The van der Waals surface area contributed by atoms with Crippen molar-refractivity contribution in [1.29, 1.82) is 0 Å². The average molecular weight is 403 g/mol. The molecule has 29 heavy (non-hydrogen) atoms. The molecule has 0 aromatic heterocycles. The van der Waals surface area contributed by atoms with E-state index in [1.807, 2.05) is 29.2 Å². The van der Waals surface area contributed by atoms with E-state index in [1.54, 1.807) is 12.0 Å². The van der Waals surface area contributed by atoms with Crippen molar-refractivity contribution >= 4 is 17.8 Å². The quantitative estimate of drug-likeness (QED) is 0.707. The van der Waals surface area contributed by atoms with Crippen LogP contribution < -0.4 is 10.1 Å². The number of hydrogen-bond donors (Lipinski definition) is 1. The highest BCUT2D eigenvalue weighted by molar-refractivity contribution is 5.89. The smallest absolute Gasteiger partial charge is 0.308 e. The summed E-state index contributed by atoms with van der Waals surface area (Å²) in [7, 11) is 3.01. The highest BCUT2D eigenvalue weighted by Crippen LogP contribution is 2.23. The summed E-state index contributed by atoms with van der Waals surface area (Å²) in [4.78, 5) is 40.9. The molecule has 8 nitrogen and oxygen atoms in total. The van der Waals surface area contributed by atoms with Gasteiger partial charge < -0.3 is 19.7 Å². The van der Waals surface area contributed by atoms with Crippen LogP contribution in [0.4, 0.5) is 0 Å². The van der Waals surface area contributed by atoms with E-state index >= 15 is 0 Å². The first kappa shape index (κ1) is 21.1. The van der Waals surface area contributed by atoms with Gasteiger partial charge in [0.2, 0.25) is 11.8 Å². The molecule has 1 aromatic carbocycles. The van der Waals surface area contributed by atoms with Crippen LogP contribution in [0.3, 0.4) is 0 Å². The number of benzene rings is 1. The number of ether oxygens (including phenoxy) is 2. The monoisotopic (exact) mass is 403 g/mol. The third-order valence-corrected chi connectivity index (χ3v) is 5.76. The van der Waals surface area contributed by atoms with E-state index in [0.29, 0.717) is 45.6 Å². The molecule has 0 aliphatic carbocycles. The van der Waals surface area contributed by atoms with E-state index in [0.717, 1.165) is 11.3 Å². The van der Waals surface area contributed by atoms with Crippen molar-refractivity contribution in [3.63, 3.8) is 0 Å². The molecule has 0 bridgehead atoms. The topological polar surface area (TPSA) is 88.2 Å². The molecule has 1 atom stereocenters. The Morgan fingerprint density at radius 3 is 2.55 bits per heavy atom. The van der Waals surface area contributed by atoms with Crippen LogP contribution in [0, 0.1) is 5.92 Å². The summed E-state index contributed by atoms with van der Waals surface area (Å²) in [6, 6.07) is 7.20. The maximum absolute atomic E-state index is 12.9. The lowest BCUT2D eigenvalue weighted by atomic mass is 9.96. The van der Waals surface area contributed by atoms with Gasteiger partial charge in [0.1, 0.15) is 5.75 Å². The van der Waals surface area contributed by atoms with E-state index in [-0.39, 0.29) is 30.1 Å². The van der Waals surface area contributed by atoms with Crippen LogP contribution in [0.1, 0.15) is 24.8 Å². The molecule has 2 saturated heterocycles. The van der Waals surface area contributed by atoms with Gasteiger partial charge in [0.05, 0.1) is 32.6 Å². The summed E-state index contributed by atoms with van der Waals surface area (Å²) >= 11 is 0. The van der Waals surface area contributed by atoms with E-state index in [9.17, 15) is 14.4 Å². The van der Waals surface area contributed by atoms with E-state index < -0.39 is 6.04 Å². The van der Waals surface area contributed by atoms with E-state index in [4.69, 9.17) is 9.47 Å². The summed E-state index contributed by atoms with van der Waals surface area (Å²) in [5, 5.41) is 2.87. The molecule has 0 saturated carbocycles. The van der Waals surface area contributed by atoms with Crippen LogP contribution in [0.5, 0.6) is 5.75 Å². The Balaban J connectivity index is 1.63. The third-order valence-electron chi connectivity index (χ3n) is 5.76. The van der Waals surface area contributed by atoms with Crippen molar-refractivity contribution < 1.29 is 23.9 Å². The van der Waals surface area contributed by atoms with Crippen LogP contribution in [-0.2, 0) is 25.7 Å². The van der Waals surface area contributed by atoms with Gasteiger partial charge in [-0.3, -0.25) is 19.3 Å². The molecule has 158 valence electrons. The molecule has 0 radical (unpaired) electrons. The van der Waals surface area contributed by atoms with Gasteiger partial charge in [-0.05, 0) is 18.9 Å². The Hall–Kier alpha value is -2.61. The lowest BCUT2D eigenvalue weighted by Crippen LogP contribution is -2.56. The van der Waals surface area contributed by atoms with Gasteiger partial charge in [0.15, 0.2) is 0 Å². The Morgan fingerprint density at radius 1 is 1.14 bits per heavy atom. The summed E-state index contributed by atoms with van der Waals surface area (Å²) in [5.74, 6) is 0.230. The minimum atomic E-state index is -0.514. The Kier molecular flexibility index (Phi) is 7.09. The average Bonchev–Trinajstić information content (AvgIpc) is 2.76. The molecule has 1 unspecified atom stereocenters. The third kappa shape index (κ3) is 5.06. The highest BCUT2D eigenvalue weighted by atomic mass is 16.5. The maximum atomic E-state index is 12.9. The van der Waals surface area contributed by atoms with Gasteiger partial charge in [0.25, 0.3) is 0 Å². The standard InChI is InChI=1S/C21H29N3O5/c1-28-18-6-4-3-5-16(18)14-24-12-9-22-20(26)17(24)13-19(25)23-10-7-15(8-11-23)21(27)29-2/h3-6,15,17H,7-14H2,1-2H3,(H,22,26). The molecule has 0 spiro atoms. The minimum absolute atomic E-state index is 0.0552. The van der Waals surface area contributed by atoms with E-state index in [2.05, 4.69) is 5.32 Å². The zero-order valence-corrected chi connectivity index (χ0v) is 17.1. The predicted octanol–water partition coefficient (Wildman–Crippen LogP) is 0.797. The second kappa shape index (κ2) is 9.73. The van der Waals surface area contributed by atoms with Crippen molar-refractivity contribution in [3.8, 4) is 5.75 Å². The second-order valence-electron chi connectivity index (χ2n) is 7.47.